The van der Waals surface area contributed by atoms with E-state index in [2.05, 4.69) is 66.6 Å². The van der Waals surface area contributed by atoms with E-state index in [1.807, 2.05) is 16.8 Å². The zero-order chi connectivity index (χ0) is 22.0. The smallest absolute Gasteiger partial charge is 0.214 e. The summed E-state index contributed by atoms with van der Waals surface area (Å²) in [5.41, 5.74) is 3.65. The number of hydrogen-bond acceptors (Lipinski definition) is 5. The fourth-order valence-electron chi connectivity index (χ4n) is 4.41. The second-order valence-corrected chi connectivity index (χ2v) is 8.76. The van der Waals surface area contributed by atoms with Gasteiger partial charge in [-0.15, -0.1) is 5.10 Å². The van der Waals surface area contributed by atoms with Crippen molar-refractivity contribution in [2.75, 3.05) is 20.8 Å². The van der Waals surface area contributed by atoms with Crippen molar-refractivity contribution in [3.05, 3.63) is 65.0 Å². The highest BCUT2D eigenvalue weighted by Crippen LogP contribution is 2.33. The molecule has 0 radical (unpaired) electrons. The van der Waals surface area contributed by atoms with Crippen LogP contribution in [0.3, 0.4) is 0 Å². The van der Waals surface area contributed by atoms with Gasteiger partial charge in [-0.3, -0.25) is 0 Å². The van der Waals surface area contributed by atoms with Gasteiger partial charge in [0.2, 0.25) is 5.82 Å². The largest absolute Gasteiger partial charge is 0.497 e. The highest BCUT2D eigenvalue weighted by molar-refractivity contribution is 5.43. The summed E-state index contributed by atoms with van der Waals surface area (Å²) in [7, 11) is 3.40. The Morgan fingerprint density at radius 1 is 1.10 bits per heavy atom. The van der Waals surface area contributed by atoms with Gasteiger partial charge in [0.25, 0.3) is 0 Å². The Kier molecular flexibility index (Phi) is 5.96. The van der Waals surface area contributed by atoms with Crippen molar-refractivity contribution in [3.8, 4) is 11.5 Å². The van der Waals surface area contributed by atoms with E-state index < -0.39 is 0 Å². The molecule has 0 bridgehead atoms. The van der Waals surface area contributed by atoms with Gasteiger partial charge in [-0.25, -0.2) is 4.68 Å². The normalized spacial score (nSPS) is 17.1. The van der Waals surface area contributed by atoms with E-state index in [4.69, 9.17) is 9.47 Å². The van der Waals surface area contributed by atoms with Crippen molar-refractivity contribution in [2.24, 2.45) is 0 Å². The van der Waals surface area contributed by atoms with Gasteiger partial charge in [-0.05, 0) is 54.5 Å². The quantitative estimate of drug-likeness (QED) is 0.634. The number of methoxy groups -OCH3 is 2. The van der Waals surface area contributed by atoms with Crippen LogP contribution in [-0.4, -0.2) is 41.0 Å². The molecule has 4 rings (SSSR count). The average Bonchev–Trinajstić information content (AvgIpc) is 3.29. The number of quaternary nitrogens is 1. The zero-order valence-corrected chi connectivity index (χ0v) is 19.1. The highest BCUT2D eigenvalue weighted by Gasteiger charge is 2.38. The molecule has 0 spiro atoms. The van der Waals surface area contributed by atoms with Crippen LogP contribution in [-0.2, 0) is 18.5 Å². The van der Waals surface area contributed by atoms with Gasteiger partial charge < -0.3 is 14.4 Å². The number of nitrogens with zero attached hydrogens (tertiary/aromatic N) is 4. The van der Waals surface area contributed by atoms with Gasteiger partial charge in [-0.1, -0.05) is 31.2 Å². The van der Waals surface area contributed by atoms with Crippen LogP contribution in [0.25, 0.3) is 0 Å². The van der Waals surface area contributed by atoms with Gasteiger partial charge in [0.15, 0.2) is 6.04 Å². The van der Waals surface area contributed by atoms with E-state index in [0.29, 0.717) is 0 Å². The second-order valence-electron chi connectivity index (χ2n) is 8.76. The first-order valence-electron chi connectivity index (χ1n) is 10.9. The Labute approximate surface area is 184 Å². The minimum atomic E-state index is -0.198. The molecule has 2 atom stereocenters. The Morgan fingerprint density at radius 2 is 1.87 bits per heavy atom. The average molecular weight is 423 g/mol. The van der Waals surface area contributed by atoms with Crippen molar-refractivity contribution in [1.82, 2.24) is 20.2 Å². The standard InChI is InChI=1S/C24H31N5O2/c1-6-24(2,3)29-23(25-26-27-29)22(20-15-19(30-4)11-12-21(20)31-5)28-14-13-17-9-7-8-10-18(17)16-28/h7-12,15,22H,6,13-14,16H2,1-5H3/p+1/t22-/m0/s1. The van der Waals surface area contributed by atoms with Gasteiger partial charge >= 0.3 is 0 Å². The fraction of sp³-hybridized carbons (Fsp3) is 0.458. The molecule has 0 aliphatic carbocycles. The van der Waals surface area contributed by atoms with E-state index in [1.54, 1.807) is 14.2 Å². The van der Waals surface area contributed by atoms with Crippen molar-refractivity contribution in [2.45, 2.75) is 51.7 Å². The molecule has 2 aromatic carbocycles. The van der Waals surface area contributed by atoms with Crippen LogP contribution < -0.4 is 14.4 Å². The first-order chi connectivity index (χ1) is 15.0. The van der Waals surface area contributed by atoms with Gasteiger partial charge in [0.1, 0.15) is 18.0 Å². The van der Waals surface area contributed by atoms with Gasteiger partial charge in [0.05, 0.1) is 31.9 Å². The fourth-order valence-corrected chi connectivity index (χ4v) is 4.41. The molecule has 0 saturated heterocycles. The summed E-state index contributed by atoms with van der Waals surface area (Å²) in [4.78, 5) is 1.40. The Morgan fingerprint density at radius 3 is 2.58 bits per heavy atom. The molecule has 0 saturated carbocycles. The van der Waals surface area contributed by atoms with E-state index in [9.17, 15) is 0 Å². The van der Waals surface area contributed by atoms with Gasteiger partial charge in [-0.2, -0.15) is 0 Å². The van der Waals surface area contributed by atoms with E-state index in [-0.39, 0.29) is 11.6 Å². The molecule has 3 aromatic rings. The molecule has 0 amide bonds. The lowest BCUT2D eigenvalue weighted by Gasteiger charge is -2.34. The van der Waals surface area contributed by atoms with Crippen LogP contribution >= 0.6 is 0 Å². The van der Waals surface area contributed by atoms with Crippen molar-refractivity contribution in [1.29, 1.82) is 0 Å². The molecule has 1 N–H and O–H groups in total. The number of nitrogens with one attached hydrogen (secondary N) is 1. The minimum Gasteiger partial charge on any atom is -0.497 e. The zero-order valence-electron chi connectivity index (χ0n) is 19.1. The van der Waals surface area contributed by atoms with Crippen molar-refractivity contribution in [3.63, 3.8) is 0 Å². The predicted molar refractivity (Wildman–Crippen MR) is 118 cm³/mol. The SMILES string of the molecule is CCC(C)(C)n1nnnc1[C@H](c1cc(OC)ccc1OC)[NH+]1CCc2ccccc2C1. The predicted octanol–water partition coefficient (Wildman–Crippen LogP) is 2.57. The molecular weight excluding hydrogens is 390 g/mol. The Balaban J connectivity index is 1.87. The van der Waals surface area contributed by atoms with Crippen LogP contribution in [0, 0.1) is 0 Å². The monoisotopic (exact) mass is 422 g/mol. The lowest BCUT2D eigenvalue weighted by molar-refractivity contribution is -0.942. The first kappa shape index (κ1) is 21.3. The van der Waals surface area contributed by atoms with E-state index in [0.717, 1.165) is 48.8 Å². The molecule has 2 heterocycles. The number of aromatic nitrogens is 4. The number of benzene rings is 2. The lowest BCUT2D eigenvalue weighted by atomic mass is 9.94. The summed E-state index contributed by atoms with van der Waals surface area (Å²) >= 11 is 0. The van der Waals surface area contributed by atoms with Crippen LogP contribution in [0.4, 0.5) is 0 Å². The number of rotatable bonds is 7. The highest BCUT2D eigenvalue weighted by atomic mass is 16.5. The summed E-state index contributed by atoms with van der Waals surface area (Å²) in [6.07, 6.45) is 1.94. The summed E-state index contributed by atoms with van der Waals surface area (Å²) < 4.78 is 13.3. The van der Waals surface area contributed by atoms with E-state index >= 15 is 0 Å². The third kappa shape index (κ3) is 4.02. The maximum atomic E-state index is 5.79. The van der Waals surface area contributed by atoms with Crippen LogP contribution in [0.2, 0.25) is 0 Å². The molecule has 7 heteroatoms. The van der Waals surface area contributed by atoms with Crippen LogP contribution in [0.15, 0.2) is 42.5 Å². The topological polar surface area (TPSA) is 66.5 Å². The third-order valence-electron chi connectivity index (χ3n) is 6.60. The van der Waals surface area contributed by atoms with Crippen molar-refractivity contribution >= 4 is 0 Å². The molecule has 1 aliphatic rings. The molecule has 1 unspecified atom stereocenters. The molecule has 1 aromatic heterocycles. The second kappa shape index (κ2) is 8.67. The minimum absolute atomic E-state index is 0.0840. The number of fused-ring (bicyclic) bond motifs is 1. The number of hydrogen-bond donors (Lipinski definition) is 1. The summed E-state index contributed by atoms with van der Waals surface area (Å²) in [6, 6.07) is 14.6. The number of tetrazole rings is 1. The first-order valence-corrected chi connectivity index (χ1v) is 10.9. The van der Waals surface area contributed by atoms with Gasteiger partial charge in [0, 0.05) is 12.0 Å². The Hall–Kier alpha value is -2.93. The molecule has 7 nitrogen and oxygen atoms in total. The molecule has 164 valence electrons. The lowest BCUT2D eigenvalue weighted by Crippen LogP contribution is -3.12. The van der Waals surface area contributed by atoms with Crippen LogP contribution in [0.5, 0.6) is 11.5 Å². The molecule has 0 fully saturated rings. The summed E-state index contributed by atoms with van der Waals surface area (Å²) in [6.45, 7) is 8.40. The van der Waals surface area contributed by atoms with Crippen molar-refractivity contribution < 1.29 is 14.4 Å². The molecule has 31 heavy (non-hydrogen) atoms. The number of ether oxygens (including phenoxy) is 2. The Bertz CT molecular complexity index is 1050. The summed E-state index contributed by atoms with van der Waals surface area (Å²) in [5.74, 6) is 2.47. The third-order valence-corrected chi connectivity index (χ3v) is 6.60. The molecule has 1 aliphatic heterocycles. The maximum Gasteiger partial charge on any atom is 0.214 e. The maximum absolute atomic E-state index is 5.79. The molecular formula is C24H32N5O2+. The summed E-state index contributed by atoms with van der Waals surface area (Å²) in [5, 5.41) is 13.1. The van der Waals surface area contributed by atoms with E-state index in [1.165, 1.54) is 16.0 Å². The van der Waals surface area contributed by atoms with Crippen LogP contribution in [0.1, 0.15) is 55.7 Å².